The number of ketones is 1. The average Bonchev–Trinajstić information content (AvgIpc) is 2.96. The molecule has 0 unspecified atom stereocenters. The number of hydrogen-bond donors (Lipinski definition) is 0. The van der Waals surface area contributed by atoms with E-state index in [-0.39, 0.29) is 23.8 Å². The SMILES string of the molecule is O=C(Cc1ncn(-c2ncc(F)cc2F)n1)c1ccccc1. The summed E-state index contributed by atoms with van der Waals surface area (Å²) in [7, 11) is 0. The summed E-state index contributed by atoms with van der Waals surface area (Å²) in [5.41, 5.74) is 0.546. The van der Waals surface area contributed by atoms with Crippen molar-refractivity contribution in [2.45, 2.75) is 6.42 Å². The third-order valence-electron chi connectivity index (χ3n) is 2.96. The van der Waals surface area contributed by atoms with Crippen molar-refractivity contribution < 1.29 is 13.6 Å². The van der Waals surface area contributed by atoms with Gasteiger partial charge in [0.1, 0.15) is 12.1 Å². The fourth-order valence-electron chi connectivity index (χ4n) is 1.93. The van der Waals surface area contributed by atoms with E-state index >= 15 is 0 Å². The van der Waals surface area contributed by atoms with Crippen LogP contribution in [-0.2, 0) is 6.42 Å². The summed E-state index contributed by atoms with van der Waals surface area (Å²) < 4.78 is 27.5. The van der Waals surface area contributed by atoms with Crippen LogP contribution < -0.4 is 0 Å². The van der Waals surface area contributed by atoms with Crippen LogP contribution in [0.5, 0.6) is 0 Å². The monoisotopic (exact) mass is 300 g/mol. The number of benzene rings is 1. The van der Waals surface area contributed by atoms with E-state index in [9.17, 15) is 13.6 Å². The number of pyridine rings is 1. The second kappa shape index (κ2) is 5.80. The predicted molar refractivity (Wildman–Crippen MR) is 73.5 cm³/mol. The molecule has 0 fully saturated rings. The first-order chi connectivity index (χ1) is 10.6. The number of carbonyl (C=O) groups is 1. The van der Waals surface area contributed by atoms with Crippen molar-refractivity contribution in [1.82, 2.24) is 19.7 Å². The van der Waals surface area contributed by atoms with Crippen LogP contribution in [0.25, 0.3) is 5.82 Å². The molecule has 0 radical (unpaired) electrons. The van der Waals surface area contributed by atoms with Crippen LogP contribution in [0.1, 0.15) is 16.2 Å². The van der Waals surface area contributed by atoms with Gasteiger partial charge in [-0.05, 0) is 0 Å². The maximum atomic E-state index is 13.6. The zero-order chi connectivity index (χ0) is 15.5. The number of hydrogen-bond acceptors (Lipinski definition) is 4. The minimum absolute atomic E-state index is 0.0141. The standard InChI is InChI=1S/C15H10F2N4O/c16-11-6-12(17)15(18-8-11)21-9-19-14(20-21)7-13(22)10-4-2-1-3-5-10/h1-6,8-9H,7H2. The molecule has 2 aromatic heterocycles. The zero-order valence-electron chi connectivity index (χ0n) is 11.3. The number of nitrogens with zero attached hydrogens (tertiary/aromatic N) is 4. The molecule has 0 N–H and O–H groups in total. The molecule has 0 saturated carbocycles. The molecule has 7 heteroatoms. The molecule has 110 valence electrons. The highest BCUT2D eigenvalue weighted by atomic mass is 19.1. The van der Waals surface area contributed by atoms with E-state index in [1.54, 1.807) is 24.3 Å². The van der Waals surface area contributed by atoms with Gasteiger partial charge < -0.3 is 0 Å². The molecule has 3 rings (SSSR count). The maximum Gasteiger partial charge on any atom is 0.191 e. The highest BCUT2D eigenvalue weighted by molar-refractivity contribution is 5.97. The zero-order valence-corrected chi connectivity index (χ0v) is 11.3. The van der Waals surface area contributed by atoms with Gasteiger partial charge >= 0.3 is 0 Å². The van der Waals surface area contributed by atoms with Crippen molar-refractivity contribution in [2.24, 2.45) is 0 Å². The normalized spacial score (nSPS) is 10.6. The van der Waals surface area contributed by atoms with E-state index in [1.165, 1.54) is 6.33 Å². The lowest BCUT2D eigenvalue weighted by molar-refractivity contribution is 0.0991. The number of halogens is 2. The number of aromatic nitrogens is 4. The van der Waals surface area contributed by atoms with Crippen LogP contribution in [-0.4, -0.2) is 25.5 Å². The molecule has 0 saturated heterocycles. The first-order valence-electron chi connectivity index (χ1n) is 6.43. The lowest BCUT2D eigenvalue weighted by atomic mass is 10.1. The first kappa shape index (κ1) is 14.0. The van der Waals surface area contributed by atoms with Gasteiger partial charge in [0.2, 0.25) is 0 Å². The molecule has 0 spiro atoms. The lowest BCUT2D eigenvalue weighted by Crippen LogP contribution is -2.07. The molecular weight excluding hydrogens is 290 g/mol. The van der Waals surface area contributed by atoms with E-state index in [2.05, 4.69) is 15.1 Å². The molecule has 0 aliphatic carbocycles. The van der Waals surface area contributed by atoms with Gasteiger partial charge in [0, 0.05) is 11.6 Å². The fourth-order valence-corrected chi connectivity index (χ4v) is 1.93. The molecule has 0 aliphatic rings. The Hall–Kier alpha value is -2.96. The minimum atomic E-state index is -0.856. The van der Waals surface area contributed by atoms with Gasteiger partial charge in [0.15, 0.2) is 23.2 Å². The molecule has 22 heavy (non-hydrogen) atoms. The maximum absolute atomic E-state index is 13.6. The van der Waals surface area contributed by atoms with Crippen LogP contribution in [0, 0.1) is 11.6 Å². The summed E-state index contributed by atoms with van der Waals surface area (Å²) in [5.74, 6) is -1.72. The second-order valence-electron chi connectivity index (χ2n) is 4.53. The highest BCUT2D eigenvalue weighted by Crippen LogP contribution is 2.11. The summed E-state index contributed by atoms with van der Waals surface area (Å²) in [6.07, 6.45) is 2.10. The molecule has 0 amide bonds. The van der Waals surface area contributed by atoms with Crippen molar-refractivity contribution in [3.05, 3.63) is 71.9 Å². The van der Waals surface area contributed by atoms with Gasteiger partial charge in [-0.1, -0.05) is 30.3 Å². The van der Waals surface area contributed by atoms with Crippen molar-refractivity contribution in [1.29, 1.82) is 0 Å². The van der Waals surface area contributed by atoms with E-state index in [0.717, 1.165) is 10.9 Å². The molecule has 0 atom stereocenters. The van der Waals surface area contributed by atoms with Gasteiger partial charge in [-0.15, -0.1) is 5.10 Å². The van der Waals surface area contributed by atoms with Crippen molar-refractivity contribution >= 4 is 5.78 Å². The van der Waals surface area contributed by atoms with Crippen LogP contribution in [0.15, 0.2) is 48.9 Å². The Morgan fingerprint density at radius 1 is 1.14 bits per heavy atom. The summed E-state index contributed by atoms with van der Waals surface area (Å²) in [5, 5.41) is 4.00. The molecule has 2 heterocycles. The molecular formula is C15H10F2N4O. The summed E-state index contributed by atoms with van der Waals surface area (Å²) in [4.78, 5) is 19.6. The Balaban J connectivity index is 1.81. The van der Waals surface area contributed by atoms with Crippen molar-refractivity contribution in [3.63, 3.8) is 0 Å². The van der Waals surface area contributed by atoms with E-state index < -0.39 is 11.6 Å². The van der Waals surface area contributed by atoms with Crippen LogP contribution in [0.2, 0.25) is 0 Å². The third kappa shape index (κ3) is 2.88. The number of Topliss-reactive ketones (excluding diaryl/α,β-unsaturated/α-hetero) is 1. The second-order valence-corrected chi connectivity index (χ2v) is 4.53. The Morgan fingerprint density at radius 3 is 2.64 bits per heavy atom. The number of carbonyl (C=O) groups excluding carboxylic acids is 1. The molecule has 0 bridgehead atoms. The number of rotatable bonds is 4. The largest absolute Gasteiger partial charge is 0.294 e. The minimum Gasteiger partial charge on any atom is -0.294 e. The van der Waals surface area contributed by atoms with Gasteiger partial charge in [0.25, 0.3) is 0 Å². The average molecular weight is 300 g/mol. The van der Waals surface area contributed by atoms with E-state index in [1.807, 2.05) is 6.07 Å². The van der Waals surface area contributed by atoms with Crippen molar-refractivity contribution in [2.75, 3.05) is 0 Å². The fraction of sp³-hybridized carbons (Fsp3) is 0.0667. The summed E-state index contributed by atoms with van der Waals surface area (Å²) in [6.45, 7) is 0. The summed E-state index contributed by atoms with van der Waals surface area (Å²) >= 11 is 0. The van der Waals surface area contributed by atoms with Crippen molar-refractivity contribution in [3.8, 4) is 5.82 Å². The topological polar surface area (TPSA) is 60.7 Å². The van der Waals surface area contributed by atoms with Crippen LogP contribution >= 0.6 is 0 Å². The van der Waals surface area contributed by atoms with Crippen LogP contribution in [0.3, 0.4) is 0 Å². The molecule has 1 aromatic carbocycles. The predicted octanol–water partition coefficient (Wildman–Crippen LogP) is 2.37. The Bertz CT molecular complexity index is 817. The first-order valence-corrected chi connectivity index (χ1v) is 6.43. The smallest absolute Gasteiger partial charge is 0.191 e. The molecule has 3 aromatic rings. The molecule has 0 aliphatic heterocycles. The van der Waals surface area contributed by atoms with E-state index in [0.29, 0.717) is 11.6 Å². The van der Waals surface area contributed by atoms with Gasteiger partial charge in [0.05, 0.1) is 12.6 Å². The Labute approximate surface area is 124 Å². The highest BCUT2D eigenvalue weighted by Gasteiger charge is 2.13. The van der Waals surface area contributed by atoms with Gasteiger partial charge in [-0.2, -0.15) is 4.68 Å². The Kier molecular flexibility index (Phi) is 3.69. The quantitative estimate of drug-likeness (QED) is 0.694. The van der Waals surface area contributed by atoms with Gasteiger partial charge in [-0.3, -0.25) is 4.79 Å². The lowest BCUT2D eigenvalue weighted by Gasteiger charge is -2.00. The van der Waals surface area contributed by atoms with Crippen LogP contribution in [0.4, 0.5) is 8.78 Å². The molecule has 5 nitrogen and oxygen atoms in total. The third-order valence-corrected chi connectivity index (χ3v) is 2.96. The van der Waals surface area contributed by atoms with Gasteiger partial charge in [-0.25, -0.2) is 18.7 Å². The van der Waals surface area contributed by atoms with E-state index in [4.69, 9.17) is 0 Å². The Morgan fingerprint density at radius 2 is 1.91 bits per heavy atom. The summed E-state index contributed by atoms with van der Waals surface area (Å²) in [6, 6.07) is 9.43.